The highest BCUT2D eigenvalue weighted by Gasteiger charge is 2.08. The maximum Gasteiger partial charge on any atom is 0.0991 e. The lowest BCUT2D eigenvalue weighted by atomic mass is 10.1. The van der Waals surface area contributed by atoms with E-state index in [1.807, 2.05) is 25.1 Å². The zero-order valence-corrected chi connectivity index (χ0v) is 8.44. The summed E-state index contributed by atoms with van der Waals surface area (Å²) in [6.07, 6.45) is -0.529. The third-order valence-electron chi connectivity index (χ3n) is 1.94. The van der Waals surface area contributed by atoms with Crippen molar-refractivity contribution in [2.24, 2.45) is 0 Å². The molecule has 1 aromatic carbocycles. The van der Waals surface area contributed by atoms with Gasteiger partial charge in [0.25, 0.3) is 0 Å². The van der Waals surface area contributed by atoms with Crippen LogP contribution in [0, 0.1) is 11.3 Å². The van der Waals surface area contributed by atoms with Crippen molar-refractivity contribution < 1.29 is 5.11 Å². The first-order valence-electron chi connectivity index (χ1n) is 4.46. The molecule has 3 nitrogen and oxygen atoms in total. The highest BCUT2D eigenvalue weighted by atomic mass is 16.3. The topological polar surface area (TPSA) is 47.3 Å². The molecule has 0 aliphatic rings. The summed E-state index contributed by atoms with van der Waals surface area (Å²) < 4.78 is 0. The van der Waals surface area contributed by atoms with Crippen molar-refractivity contribution in [2.75, 3.05) is 20.6 Å². The van der Waals surface area contributed by atoms with Gasteiger partial charge in [0, 0.05) is 6.54 Å². The molecule has 0 fully saturated rings. The number of rotatable bonds is 3. The van der Waals surface area contributed by atoms with Gasteiger partial charge in [0.2, 0.25) is 0 Å². The Kier molecular flexibility index (Phi) is 3.63. The second-order valence-corrected chi connectivity index (χ2v) is 3.52. The van der Waals surface area contributed by atoms with Crippen LogP contribution in [0.1, 0.15) is 17.2 Å². The summed E-state index contributed by atoms with van der Waals surface area (Å²) in [5.41, 5.74) is 1.37. The lowest BCUT2D eigenvalue weighted by molar-refractivity contribution is 0.138. The summed E-state index contributed by atoms with van der Waals surface area (Å²) in [4.78, 5) is 1.91. The van der Waals surface area contributed by atoms with E-state index in [9.17, 15) is 5.11 Å². The molecular weight excluding hydrogens is 176 g/mol. The quantitative estimate of drug-likeness (QED) is 0.777. The second-order valence-electron chi connectivity index (χ2n) is 3.52. The van der Waals surface area contributed by atoms with E-state index in [1.165, 1.54) is 0 Å². The second kappa shape index (κ2) is 4.75. The van der Waals surface area contributed by atoms with E-state index in [0.717, 1.165) is 5.56 Å². The van der Waals surface area contributed by atoms with Crippen molar-refractivity contribution in [1.29, 1.82) is 5.26 Å². The van der Waals surface area contributed by atoms with Gasteiger partial charge < -0.3 is 10.0 Å². The van der Waals surface area contributed by atoms with Crippen molar-refractivity contribution >= 4 is 0 Å². The molecule has 0 spiro atoms. The van der Waals surface area contributed by atoms with Crippen LogP contribution in [0.2, 0.25) is 0 Å². The van der Waals surface area contributed by atoms with Gasteiger partial charge in [-0.25, -0.2) is 0 Å². The van der Waals surface area contributed by atoms with E-state index in [4.69, 9.17) is 5.26 Å². The van der Waals surface area contributed by atoms with Crippen LogP contribution in [0.3, 0.4) is 0 Å². The van der Waals surface area contributed by atoms with Crippen molar-refractivity contribution in [3.05, 3.63) is 35.4 Å². The van der Waals surface area contributed by atoms with E-state index in [2.05, 4.69) is 6.07 Å². The van der Waals surface area contributed by atoms with Gasteiger partial charge in [-0.15, -0.1) is 0 Å². The van der Waals surface area contributed by atoms with Crippen LogP contribution in [0.15, 0.2) is 24.3 Å². The van der Waals surface area contributed by atoms with E-state index in [0.29, 0.717) is 12.1 Å². The maximum atomic E-state index is 9.76. The minimum absolute atomic E-state index is 0.529. The Labute approximate surface area is 84.2 Å². The molecule has 1 rings (SSSR count). The average Bonchev–Trinajstić information content (AvgIpc) is 2.17. The summed E-state index contributed by atoms with van der Waals surface area (Å²) >= 11 is 0. The van der Waals surface area contributed by atoms with Crippen LogP contribution in [0.4, 0.5) is 0 Å². The molecule has 0 aliphatic heterocycles. The van der Waals surface area contributed by atoms with Gasteiger partial charge in [0.05, 0.1) is 17.7 Å². The summed E-state index contributed by atoms with van der Waals surface area (Å²) in [5.74, 6) is 0. The highest BCUT2D eigenvalue weighted by Crippen LogP contribution is 2.14. The number of hydrogen-bond donors (Lipinski definition) is 1. The van der Waals surface area contributed by atoms with E-state index in [1.54, 1.807) is 18.2 Å². The van der Waals surface area contributed by atoms with Gasteiger partial charge in [-0.2, -0.15) is 5.26 Å². The van der Waals surface area contributed by atoms with Gasteiger partial charge in [0.1, 0.15) is 0 Å². The Bertz CT molecular complexity index is 341. The molecule has 0 heterocycles. The number of nitrogens with zero attached hydrogens (tertiary/aromatic N) is 2. The molecule has 3 heteroatoms. The van der Waals surface area contributed by atoms with Crippen molar-refractivity contribution in [2.45, 2.75) is 6.10 Å². The number of hydrogen-bond acceptors (Lipinski definition) is 3. The minimum Gasteiger partial charge on any atom is -0.387 e. The van der Waals surface area contributed by atoms with Gasteiger partial charge in [-0.1, -0.05) is 12.1 Å². The number of aliphatic hydroxyl groups is 1. The van der Waals surface area contributed by atoms with Crippen molar-refractivity contribution in [1.82, 2.24) is 4.90 Å². The molecule has 0 radical (unpaired) electrons. The molecule has 1 unspecified atom stereocenters. The van der Waals surface area contributed by atoms with E-state index < -0.39 is 6.10 Å². The average molecular weight is 190 g/mol. The fourth-order valence-electron chi connectivity index (χ4n) is 1.27. The zero-order chi connectivity index (χ0) is 10.6. The first-order chi connectivity index (χ1) is 6.63. The summed E-state index contributed by atoms with van der Waals surface area (Å²) in [6.45, 7) is 0.564. The van der Waals surface area contributed by atoms with Crippen molar-refractivity contribution in [3.63, 3.8) is 0 Å². The van der Waals surface area contributed by atoms with Crippen LogP contribution in [-0.2, 0) is 0 Å². The van der Waals surface area contributed by atoms with Gasteiger partial charge in [0.15, 0.2) is 0 Å². The van der Waals surface area contributed by atoms with Crippen LogP contribution in [0.25, 0.3) is 0 Å². The van der Waals surface area contributed by atoms with Gasteiger partial charge in [-0.05, 0) is 31.8 Å². The van der Waals surface area contributed by atoms with Gasteiger partial charge >= 0.3 is 0 Å². The molecule has 0 saturated heterocycles. The molecule has 74 valence electrons. The van der Waals surface area contributed by atoms with E-state index in [-0.39, 0.29) is 0 Å². The molecule has 1 aromatic rings. The Morgan fingerprint density at radius 1 is 1.50 bits per heavy atom. The maximum absolute atomic E-state index is 9.76. The smallest absolute Gasteiger partial charge is 0.0991 e. The first-order valence-corrected chi connectivity index (χ1v) is 4.46. The Morgan fingerprint density at radius 2 is 2.21 bits per heavy atom. The molecule has 0 amide bonds. The molecule has 14 heavy (non-hydrogen) atoms. The van der Waals surface area contributed by atoms with Crippen LogP contribution in [0.5, 0.6) is 0 Å². The molecule has 1 N–H and O–H groups in total. The molecule has 1 atom stereocenters. The lowest BCUT2D eigenvalue weighted by Gasteiger charge is -2.16. The van der Waals surface area contributed by atoms with Gasteiger partial charge in [-0.3, -0.25) is 0 Å². The summed E-state index contributed by atoms with van der Waals surface area (Å²) in [6, 6.07) is 9.11. The molecule has 0 bridgehead atoms. The predicted molar refractivity (Wildman–Crippen MR) is 54.7 cm³/mol. The number of nitriles is 1. The number of aliphatic hydroxyl groups excluding tert-OH is 1. The fourth-order valence-corrected chi connectivity index (χ4v) is 1.27. The summed E-state index contributed by atoms with van der Waals surface area (Å²) in [7, 11) is 3.80. The minimum atomic E-state index is -0.529. The first kappa shape index (κ1) is 10.7. The van der Waals surface area contributed by atoms with Crippen LogP contribution < -0.4 is 0 Å². The largest absolute Gasteiger partial charge is 0.387 e. The normalized spacial score (nSPS) is 12.5. The highest BCUT2D eigenvalue weighted by molar-refractivity contribution is 5.33. The SMILES string of the molecule is CN(C)CC(O)c1cccc(C#N)c1. The van der Waals surface area contributed by atoms with Crippen molar-refractivity contribution in [3.8, 4) is 6.07 Å². The lowest BCUT2D eigenvalue weighted by Crippen LogP contribution is -2.19. The molecular formula is C11H14N2O. The number of likely N-dealkylation sites (N-methyl/N-ethyl adjacent to an activating group) is 1. The standard InChI is InChI=1S/C11H14N2O/c1-13(2)8-11(14)10-5-3-4-9(6-10)7-12/h3-6,11,14H,8H2,1-2H3. The third kappa shape index (κ3) is 2.84. The number of benzene rings is 1. The Hall–Kier alpha value is -1.37. The Morgan fingerprint density at radius 3 is 2.79 bits per heavy atom. The van der Waals surface area contributed by atoms with Crippen LogP contribution in [-0.4, -0.2) is 30.6 Å². The van der Waals surface area contributed by atoms with E-state index >= 15 is 0 Å². The molecule has 0 aliphatic carbocycles. The zero-order valence-electron chi connectivity index (χ0n) is 8.44. The third-order valence-corrected chi connectivity index (χ3v) is 1.94. The van der Waals surface area contributed by atoms with Crippen LogP contribution >= 0.6 is 0 Å². The summed E-state index contributed by atoms with van der Waals surface area (Å²) in [5, 5.41) is 18.4. The fraction of sp³-hybridized carbons (Fsp3) is 0.364. The molecule has 0 aromatic heterocycles. The Balaban J connectivity index is 2.80. The predicted octanol–water partition coefficient (Wildman–Crippen LogP) is 1.15. The monoisotopic (exact) mass is 190 g/mol. The molecule has 0 saturated carbocycles.